The van der Waals surface area contributed by atoms with Gasteiger partial charge < -0.3 is 4.90 Å². The van der Waals surface area contributed by atoms with Crippen molar-refractivity contribution in [2.24, 2.45) is 0 Å². The van der Waals surface area contributed by atoms with Crippen LogP contribution in [0.25, 0.3) is 11.4 Å². The van der Waals surface area contributed by atoms with Crippen LogP contribution in [0.15, 0.2) is 42.7 Å². The van der Waals surface area contributed by atoms with E-state index < -0.39 is 0 Å². The molecule has 7 nitrogen and oxygen atoms in total. The van der Waals surface area contributed by atoms with Crippen LogP contribution in [0.2, 0.25) is 0 Å². The average molecular weight is 348 g/mol. The molecule has 0 aliphatic carbocycles. The van der Waals surface area contributed by atoms with E-state index in [0.717, 1.165) is 17.8 Å². The summed E-state index contributed by atoms with van der Waals surface area (Å²) in [4.78, 5) is 23.2. The van der Waals surface area contributed by atoms with Crippen molar-refractivity contribution < 1.29 is 4.79 Å². The van der Waals surface area contributed by atoms with Gasteiger partial charge in [0.15, 0.2) is 11.6 Å². The first-order valence-corrected chi connectivity index (χ1v) is 8.69. The zero-order chi connectivity index (χ0) is 18.1. The van der Waals surface area contributed by atoms with E-state index in [9.17, 15) is 4.79 Å². The molecule has 7 heteroatoms. The van der Waals surface area contributed by atoms with Crippen LogP contribution in [-0.2, 0) is 17.8 Å². The van der Waals surface area contributed by atoms with Crippen molar-refractivity contribution in [3.8, 4) is 11.4 Å². The monoisotopic (exact) mass is 348 g/mol. The number of rotatable bonds is 4. The smallest absolute Gasteiger partial charge is 0.245 e. The third-order valence-corrected chi connectivity index (χ3v) is 4.71. The van der Waals surface area contributed by atoms with E-state index in [0.29, 0.717) is 24.7 Å². The highest BCUT2D eigenvalue weighted by Crippen LogP contribution is 2.27. The van der Waals surface area contributed by atoms with Crippen LogP contribution in [0.1, 0.15) is 30.2 Å². The third-order valence-electron chi connectivity index (χ3n) is 4.71. The molecule has 1 aliphatic heterocycles. The fraction of sp³-hybridized carbons (Fsp3) is 0.316. The van der Waals surface area contributed by atoms with E-state index in [2.05, 4.69) is 32.3 Å². The molecule has 0 spiro atoms. The van der Waals surface area contributed by atoms with Gasteiger partial charge in [0, 0.05) is 18.9 Å². The molecule has 2 aromatic heterocycles. The van der Waals surface area contributed by atoms with Gasteiger partial charge in [-0.15, -0.1) is 10.2 Å². The van der Waals surface area contributed by atoms with Gasteiger partial charge in [0.25, 0.3) is 0 Å². The average Bonchev–Trinajstić information content (AvgIpc) is 3.09. The second kappa shape index (κ2) is 6.67. The number of carbonyl (C=O) groups excluding carboxylic acids is 1. The Balaban J connectivity index is 1.57. The van der Waals surface area contributed by atoms with E-state index in [-0.39, 0.29) is 11.9 Å². The molecule has 0 bridgehead atoms. The predicted molar refractivity (Wildman–Crippen MR) is 96.1 cm³/mol. The fourth-order valence-corrected chi connectivity index (χ4v) is 3.26. The Morgan fingerprint density at radius 1 is 1.12 bits per heavy atom. The molecule has 1 aromatic carbocycles. The summed E-state index contributed by atoms with van der Waals surface area (Å²) >= 11 is 0. The number of fused-ring (bicyclic) bond motifs is 1. The molecule has 0 N–H and O–H groups in total. The number of hydrogen-bond donors (Lipinski definition) is 0. The van der Waals surface area contributed by atoms with Crippen molar-refractivity contribution in [1.29, 1.82) is 0 Å². The van der Waals surface area contributed by atoms with Crippen molar-refractivity contribution in [3.63, 3.8) is 0 Å². The number of benzene rings is 1. The molecule has 0 unspecified atom stereocenters. The predicted octanol–water partition coefficient (Wildman–Crippen LogP) is 2.19. The molecule has 1 aliphatic rings. The van der Waals surface area contributed by atoms with Crippen LogP contribution < -0.4 is 0 Å². The lowest BCUT2D eigenvalue weighted by Gasteiger charge is -2.32. The van der Waals surface area contributed by atoms with Crippen molar-refractivity contribution in [3.05, 3.63) is 59.9 Å². The molecule has 3 aromatic rings. The standard InChI is InChI=1S/C19H20N6O/c1-13-19(26)24(9-8-15-6-4-3-5-7-15)12-17-22-23-18(25(13)17)16-10-20-14(2)21-11-16/h3-7,10-11,13H,8-9,12H2,1-2H3/t13-/m0/s1. The van der Waals surface area contributed by atoms with Crippen molar-refractivity contribution in [2.45, 2.75) is 32.9 Å². The first-order valence-electron chi connectivity index (χ1n) is 8.69. The van der Waals surface area contributed by atoms with Gasteiger partial charge in [-0.1, -0.05) is 30.3 Å². The highest BCUT2D eigenvalue weighted by atomic mass is 16.2. The van der Waals surface area contributed by atoms with Gasteiger partial charge in [-0.05, 0) is 25.8 Å². The summed E-state index contributed by atoms with van der Waals surface area (Å²) in [6, 6.07) is 9.84. The molecule has 0 saturated heterocycles. The number of hydrogen-bond acceptors (Lipinski definition) is 5. The Kier molecular flexibility index (Phi) is 4.20. The Hall–Kier alpha value is -3.09. The molecule has 3 heterocycles. The summed E-state index contributed by atoms with van der Waals surface area (Å²) in [6.45, 7) is 4.86. The second-order valence-electron chi connectivity index (χ2n) is 6.50. The maximum atomic E-state index is 12.9. The summed E-state index contributed by atoms with van der Waals surface area (Å²) in [6.07, 6.45) is 4.27. The Bertz CT molecular complexity index is 919. The van der Waals surface area contributed by atoms with Crippen LogP contribution in [0.4, 0.5) is 0 Å². The van der Waals surface area contributed by atoms with Crippen molar-refractivity contribution >= 4 is 5.91 Å². The van der Waals surface area contributed by atoms with Gasteiger partial charge in [0.2, 0.25) is 5.91 Å². The minimum absolute atomic E-state index is 0.0857. The van der Waals surface area contributed by atoms with Crippen molar-refractivity contribution in [2.75, 3.05) is 6.54 Å². The Morgan fingerprint density at radius 2 is 1.85 bits per heavy atom. The number of amides is 1. The lowest BCUT2D eigenvalue weighted by molar-refractivity contribution is -0.136. The molecule has 0 fully saturated rings. The minimum atomic E-state index is -0.346. The maximum Gasteiger partial charge on any atom is 0.245 e. The largest absolute Gasteiger partial charge is 0.333 e. The number of nitrogens with zero attached hydrogens (tertiary/aromatic N) is 6. The van der Waals surface area contributed by atoms with Gasteiger partial charge in [0.1, 0.15) is 11.9 Å². The summed E-state index contributed by atoms with van der Waals surface area (Å²) in [5, 5.41) is 8.60. The van der Waals surface area contributed by atoms with Crippen LogP contribution in [0.3, 0.4) is 0 Å². The highest BCUT2D eigenvalue weighted by Gasteiger charge is 2.33. The molecular formula is C19H20N6O. The molecule has 0 saturated carbocycles. The van der Waals surface area contributed by atoms with Crippen molar-refractivity contribution in [1.82, 2.24) is 29.6 Å². The summed E-state index contributed by atoms with van der Waals surface area (Å²) in [5.74, 6) is 2.22. The van der Waals surface area contributed by atoms with Crippen LogP contribution >= 0.6 is 0 Å². The van der Waals surface area contributed by atoms with Crippen LogP contribution in [0, 0.1) is 6.92 Å². The van der Waals surface area contributed by atoms with Gasteiger partial charge in [-0.3, -0.25) is 9.36 Å². The molecular weight excluding hydrogens is 328 g/mol. The number of aromatic nitrogens is 5. The lowest BCUT2D eigenvalue weighted by Crippen LogP contribution is -2.42. The van der Waals surface area contributed by atoms with Crippen LogP contribution in [0.5, 0.6) is 0 Å². The van der Waals surface area contributed by atoms with E-state index in [1.807, 2.05) is 41.5 Å². The maximum absolute atomic E-state index is 12.9. The van der Waals surface area contributed by atoms with Gasteiger partial charge in [0.05, 0.1) is 12.1 Å². The molecule has 26 heavy (non-hydrogen) atoms. The van der Waals surface area contributed by atoms with Gasteiger partial charge in [-0.2, -0.15) is 0 Å². The minimum Gasteiger partial charge on any atom is -0.333 e. The van der Waals surface area contributed by atoms with E-state index >= 15 is 0 Å². The first kappa shape index (κ1) is 16.4. The van der Waals surface area contributed by atoms with E-state index in [1.54, 1.807) is 12.4 Å². The molecule has 0 radical (unpaired) electrons. The zero-order valence-corrected chi connectivity index (χ0v) is 14.8. The summed E-state index contributed by atoms with van der Waals surface area (Å²) in [7, 11) is 0. The SMILES string of the molecule is Cc1ncc(-c2nnc3n2[C@@H](C)C(=O)N(CCc2ccccc2)C3)cn1. The quantitative estimate of drug-likeness (QED) is 0.722. The zero-order valence-electron chi connectivity index (χ0n) is 14.8. The third kappa shape index (κ3) is 2.96. The van der Waals surface area contributed by atoms with Crippen LogP contribution in [-0.4, -0.2) is 42.1 Å². The summed E-state index contributed by atoms with van der Waals surface area (Å²) < 4.78 is 1.90. The lowest BCUT2D eigenvalue weighted by atomic mass is 10.1. The number of aryl methyl sites for hydroxylation is 1. The number of carbonyl (C=O) groups is 1. The molecule has 4 rings (SSSR count). The first-order chi connectivity index (χ1) is 12.6. The summed E-state index contributed by atoms with van der Waals surface area (Å²) in [5.41, 5.74) is 1.99. The van der Waals surface area contributed by atoms with Gasteiger partial charge in [-0.25, -0.2) is 9.97 Å². The molecule has 1 atom stereocenters. The Labute approximate surface area is 151 Å². The second-order valence-corrected chi connectivity index (χ2v) is 6.50. The molecule has 1 amide bonds. The highest BCUT2D eigenvalue weighted by molar-refractivity contribution is 5.82. The van der Waals surface area contributed by atoms with Gasteiger partial charge >= 0.3 is 0 Å². The molecule has 132 valence electrons. The van der Waals surface area contributed by atoms with E-state index in [4.69, 9.17) is 0 Å². The topological polar surface area (TPSA) is 76.8 Å². The normalized spacial score (nSPS) is 16.6. The fourth-order valence-electron chi connectivity index (χ4n) is 3.26. The van der Waals surface area contributed by atoms with E-state index in [1.165, 1.54) is 5.56 Å². The Morgan fingerprint density at radius 3 is 2.58 bits per heavy atom.